The van der Waals surface area contributed by atoms with Crippen molar-refractivity contribution in [3.8, 4) is 0 Å². The quantitative estimate of drug-likeness (QED) is 0.680. The largest absolute Gasteiger partial charge is 0.466 e. The summed E-state index contributed by atoms with van der Waals surface area (Å²) in [7, 11) is 0. The molecule has 16 heavy (non-hydrogen) atoms. The molecule has 0 radical (unpaired) electrons. The maximum atomic E-state index is 11.2. The number of aliphatic hydroxyl groups is 1. The Morgan fingerprint density at radius 1 is 1.56 bits per heavy atom. The van der Waals surface area contributed by atoms with E-state index < -0.39 is 6.10 Å². The van der Waals surface area contributed by atoms with Crippen molar-refractivity contribution in [2.24, 2.45) is 0 Å². The summed E-state index contributed by atoms with van der Waals surface area (Å²) >= 11 is 2.21. The third-order valence-electron chi connectivity index (χ3n) is 2.33. The van der Waals surface area contributed by atoms with Gasteiger partial charge in [0.05, 0.1) is 19.1 Å². The highest BCUT2D eigenvalue weighted by molar-refractivity contribution is 14.1. The van der Waals surface area contributed by atoms with Crippen molar-refractivity contribution >= 4 is 28.6 Å². The number of ether oxygens (including phenoxy) is 1. The fraction of sp³-hybridized carbons (Fsp3) is 0.417. The summed E-state index contributed by atoms with van der Waals surface area (Å²) in [5.41, 5.74) is 1.81. The zero-order chi connectivity index (χ0) is 12.1. The molecule has 0 spiro atoms. The molecule has 0 aliphatic carbocycles. The van der Waals surface area contributed by atoms with Crippen molar-refractivity contribution in [3.63, 3.8) is 0 Å². The normalized spacial score (nSPS) is 12.2. The molecule has 0 fully saturated rings. The van der Waals surface area contributed by atoms with Crippen LogP contribution in [0.25, 0.3) is 0 Å². The van der Waals surface area contributed by atoms with Gasteiger partial charge in [0.15, 0.2) is 0 Å². The molecule has 3 nitrogen and oxygen atoms in total. The van der Waals surface area contributed by atoms with Crippen LogP contribution in [0.1, 0.15) is 30.6 Å². The molecular formula is C12H15IO3. The molecule has 0 aliphatic heterocycles. The maximum Gasteiger partial charge on any atom is 0.308 e. The fourth-order valence-corrected chi connectivity index (χ4v) is 1.99. The van der Waals surface area contributed by atoms with Crippen LogP contribution in [0, 0.1) is 10.5 Å². The van der Waals surface area contributed by atoms with Gasteiger partial charge >= 0.3 is 5.97 Å². The van der Waals surface area contributed by atoms with Crippen LogP contribution in [0.2, 0.25) is 0 Å². The standard InChI is InChI=1S/C12H15IO3/c1-3-16-12(15)7-11(14)9-5-4-6-10(13)8(9)2/h4-6,11,14H,3,7H2,1-2H3. The maximum absolute atomic E-state index is 11.2. The number of benzene rings is 1. The van der Waals surface area contributed by atoms with Crippen molar-refractivity contribution in [1.29, 1.82) is 0 Å². The molecule has 88 valence electrons. The number of rotatable bonds is 4. The second-order valence-corrected chi connectivity index (χ2v) is 4.64. The third-order valence-corrected chi connectivity index (χ3v) is 3.50. The zero-order valence-corrected chi connectivity index (χ0v) is 11.5. The summed E-state index contributed by atoms with van der Waals surface area (Å²) in [6, 6.07) is 5.68. The lowest BCUT2D eigenvalue weighted by molar-refractivity contribution is -0.145. The average Bonchev–Trinajstić information content (AvgIpc) is 2.22. The number of aliphatic hydroxyl groups excluding tert-OH is 1. The highest BCUT2D eigenvalue weighted by Gasteiger charge is 2.16. The first-order valence-electron chi connectivity index (χ1n) is 5.15. The smallest absolute Gasteiger partial charge is 0.308 e. The van der Waals surface area contributed by atoms with E-state index in [2.05, 4.69) is 22.6 Å². The third kappa shape index (κ3) is 3.45. The Labute approximate surface area is 109 Å². The number of esters is 1. The number of hydrogen-bond acceptors (Lipinski definition) is 3. The Balaban J connectivity index is 2.76. The van der Waals surface area contributed by atoms with Crippen molar-refractivity contribution < 1.29 is 14.6 Å². The van der Waals surface area contributed by atoms with Crippen LogP contribution in [-0.2, 0) is 9.53 Å². The van der Waals surface area contributed by atoms with Crippen LogP contribution in [0.15, 0.2) is 18.2 Å². The zero-order valence-electron chi connectivity index (χ0n) is 9.37. The number of carbonyl (C=O) groups is 1. The lowest BCUT2D eigenvalue weighted by atomic mass is 10.0. The first kappa shape index (κ1) is 13.4. The Bertz CT molecular complexity index is 377. The van der Waals surface area contributed by atoms with Crippen molar-refractivity contribution in [2.45, 2.75) is 26.4 Å². The fourth-order valence-electron chi connectivity index (χ4n) is 1.47. The van der Waals surface area contributed by atoms with E-state index in [1.165, 1.54) is 0 Å². The number of halogens is 1. The van der Waals surface area contributed by atoms with Gasteiger partial charge in [0, 0.05) is 3.57 Å². The predicted octanol–water partition coefficient (Wildman–Crippen LogP) is 2.59. The van der Waals surface area contributed by atoms with Crippen LogP contribution in [0.5, 0.6) is 0 Å². The van der Waals surface area contributed by atoms with Gasteiger partial charge in [-0.25, -0.2) is 0 Å². The summed E-state index contributed by atoms with van der Waals surface area (Å²) < 4.78 is 5.88. The molecule has 0 aliphatic rings. The summed E-state index contributed by atoms with van der Waals surface area (Å²) in [5, 5.41) is 9.92. The second-order valence-electron chi connectivity index (χ2n) is 3.48. The summed E-state index contributed by atoms with van der Waals surface area (Å²) in [6.45, 7) is 4.03. The first-order chi connectivity index (χ1) is 7.56. The van der Waals surface area contributed by atoms with Gasteiger partial charge in [-0.3, -0.25) is 4.79 Å². The van der Waals surface area contributed by atoms with Gasteiger partial charge < -0.3 is 9.84 Å². The molecule has 0 saturated carbocycles. The Hall–Kier alpha value is -0.620. The van der Waals surface area contributed by atoms with E-state index in [0.717, 1.165) is 14.7 Å². The lowest BCUT2D eigenvalue weighted by Gasteiger charge is -2.13. The highest BCUT2D eigenvalue weighted by Crippen LogP contribution is 2.24. The molecule has 0 heterocycles. The van der Waals surface area contributed by atoms with Crippen LogP contribution >= 0.6 is 22.6 Å². The van der Waals surface area contributed by atoms with E-state index in [0.29, 0.717) is 6.61 Å². The molecule has 1 atom stereocenters. The van der Waals surface area contributed by atoms with Crippen LogP contribution < -0.4 is 0 Å². The van der Waals surface area contributed by atoms with E-state index in [1.807, 2.05) is 25.1 Å². The molecular weight excluding hydrogens is 319 g/mol. The molecule has 0 aromatic heterocycles. The van der Waals surface area contributed by atoms with E-state index in [9.17, 15) is 9.90 Å². The van der Waals surface area contributed by atoms with Gasteiger partial charge in [-0.2, -0.15) is 0 Å². The minimum Gasteiger partial charge on any atom is -0.466 e. The Kier molecular flexibility index (Phi) is 5.21. The predicted molar refractivity (Wildman–Crippen MR) is 70.1 cm³/mol. The van der Waals surface area contributed by atoms with Gasteiger partial charge in [-0.05, 0) is 53.6 Å². The molecule has 0 saturated heterocycles. The second kappa shape index (κ2) is 6.20. The van der Waals surface area contributed by atoms with Gasteiger partial charge in [0.2, 0.25) is 0 Å². The monoisotopic (exact) mass is 334 g/mol. The molecule has 0 amide bonds. The first-order valence-corrected chi connectivity index (χ1v) is 6.22. The molecule has 1 aromatic carbocycles. The van der Waals surface area contributed by atoms with E-state index in [4.69, 9.17) is 4.74 Å². The summed E-state index contributed by atoms with van der Waals surface area (Å²) in [5.74, 6) is -0.367. The van der Waals surface area contributed by atoms with Crippen molar-refractivity contribution in [1.82, 2.24) is 0 Å². The topological polar surface area (TPSA) is 46.5 Å². The summed E-state index contributed by atoms with van der Waals surface area (Å²) in [4.78, 5) is 11.2. The molecule has 1 unspecified atom stereocenters. The van der Waals surface area contributed by atoms with Crippen LogP contribution in [0.4, 0.5) is 0 Å². The SMILES string of the molecule is CCOC(=O)CC(O)c1cccc(I)c1C. The minimum absolute atomic E-state index is 0.00870. The van der Waals surface area contributed by atoms with Gasteiger partial charge in [-0.15, -0.1) is 0 Å². The number of carbonyl (C=O) groups excluding carboxylic acids is 1. The van der Waals surface area contributed by atoms with Gasteiger partial charge in [0.1, 0.15) is 0 Å². The molecule has 0 bridgehead atoms. The van der Waals surface area contributed by atoms with Crippen molar-refractivity contribution in [3.05, 3.63) is 32.9 Å². The molecule has 4 heteroatoms. The van der Waals surface area contributed by atoms with Crippen molar-refractivity contribution in [2.75, 3.05) is 6.61 Å². The average molecular weight is 334 g/mol. The lowest BCUT2D eigenvalue weighted by Crippen LogP contribution is -2.11. The van der Waals surface area contributed by atoms with E-state index in [-0.39, 0.29) is 12.4 Å². The Morgan fingerprint density at radius 3 is 2.88 bits per heavy atom. The summed E-state index contributed by atoms with van der Waals surface area (Å²) in [6.07, 6.45) is -0.775. The van der Waals surface area contributed by atoms with Gasteiger partial charge in [0.25, 0.3) is 0 Å². The number of hydrogen-bond donors (Lipinski definition) is 1. The highest BCUT2D eigenvalue weighted by atomic mass is 127. The van der Waals surface area contributed by atoms with E-state index in [1.54, 1.807) is 6.92 Å². The van der Waals surface area contributed by atoms with Crippen LogP contribution in [0.3, 0.4) is 0 Å². The molecule has 1 N–H and O–H groups in total. The van der Waals surface area contributed by atoms with Crippen LogP contribution in [-0.4, -0.2) is 17.7 Å². The van der Waals surface area contributed by atoms with Gasteiger partial charge in [-0.1, -0.05) is 12.1 Å². The van der Waals surface area contributed by atoms with E-state index >= 15 is 0 Å². The molecule has 1 aromatic rings. The minimum atomic E-state index is -0.784. The Morgan fingerprint density at radius 2 is 2.25 bits per heavy atom. The molecule has 1 rings (SSSR count).